The first-order valence-electron chi connectivity index (χ1n) is 9.86. The fourth-order valence-corrected chi connectivity index (χ4v) is 5.61. The predicted octanol–water partition coefficient (Wildman–Crippen LogP) is 2.86. The first kappa shape index (κ1) is 22.0. The molecule has 0 saturated heterocycles. The third-order valence-electron chi connectivity index (χ3n) is 5.15. The highest BCUT2D eigenvalue weighted by atomic mass is 32.2. The van der Waals surface area contributed by atoms with Crippen LogP contribution in [0.4, 0.5) is 11.5 Å². The smallest absolute Gasteiger partial charge is 0.269 e. The number of aromatic nitrogens is 2. The predicted molar refractivity (Wildman–Crippen MR) is 122 cm³/mol. The third kappa shape index (κ3) is 4.65. The summed E-state index contributed by atoms with van der Waals surface area (Å²) in [6, 6.07) is 5.05. The number of fused-ring (bicyclic) bond motifs is 3. The van der Waals surface area contributed by atoms with Crippen molar-refractivity contribution in [2.75, 3.05) is 11.5 Å². The maximum Gasteiger partial charge on any atom is 0.269 e. The van der Waals surface area contributed by atoms with Gasteiger partial charge in [-0.3, -0.25) is 30.6 Å². The molecule has 10 nitrogen and oxygen atoms in total. The second-order valence-corrected chi connectivity index (χ2v) is 9.54. The Hall–Kier alpha value is -3.25. The van der Waals surface area contributed by atoms with Gasteiger partial charge < -0.3 is 5.73 Å². The number of nitrogen functional groups attached to an aromatic ring is 1. The highest BCUT2D eigenvalue weighted by molar-refractivity contribution is 7.99. The summed E-state index contributed by atoms with van der Waals surface area (Å²) in [4.78, 5) is 45.4. The molecule has 0 fully saturated rings. The lowest BCUT2D eigenvalue weighted by Gasteiger charge is -2.17. The zero-order chi connectivity index (χ0) is 22.8. The molecule has 0 bridgehead atoms. The number of nitrogens with two attached hydrogens (primary N) is 1. The maximum absolute atomic E-state index is 12.1. The summed E-state index contributed by atoms with van der Waals surface area (Å²) in [5.74, 6) is 0.0125. The molecule has 0 saturated carbocycles. The van der Waals surface area contributed by atoms with Gasteiger partial charge in [0.1, 0.15) is 10.6 Å². The lowest BCUT2D eigenvalue weighted by atomic mass is 9.89. The standard InChI is InChI=1S/C20H20N6O4S2/c1-10-2-7-13-14(8-10)32-19-16(13)17(21)22-20(23-19)31-9-15(27)24-25-18(28)11-3-5-12(6-4-11)26(29)30/h3-6,10H,2,7-9H2,1H3,(H,24,27)(H,25,28)(H2,21,22,23). The van der Waals surface area contributed by atoms with Crippen molar-refractivity contribution in [1.82, 2.24) is 20.8 Å². The van der Waals surface area contributed by atoms with Crippen molar-refractivity contribution in [3.63, 3.8) is 0 Å². The van der Waals surface area contributed by atoms with E-state index in [1.54, 1.807) is 11.3 Å². The molecular formula is C20H20N6O4S2. The summed E-state index contributed by atoms with van der Waals surface area (Å²) in [5, 5.41) is 12.0. The van der Waals surface area contributed by atoms with Gasteiger partial charge in [-0.1, -0.05) is 18.7 Å². The number of hydrogen-bond acceptors (Lipinski definition) is 9. The van der Waals surface area contributed by atoms with Crippen LogP contribution in [0.1, 0.15) is 34.1 Å². The molecule has 2 amide bonds. The van der Waals surface area contributed by atoms with Crippen LogP contribution in [-0.4, -0.2) is 32.5 Å². The number of nitro benzene ring substituents is 1. The first-order chi connectivity index (χ1) is 15.3. The van der Waals surface area contributed by atoms with Crippen LogP contribution in [0.15, 0.2) is 29.4 Å². The molecule has 4 N–H and O–H groups in total. The number of anilines is 1. The van der Waals surface area contributed by atoms with E-state index in [2.05, 4.69) is 27.7 Å². The van der Waals surface area contributed by atoms with Crippen LogP contribution in [-0.2, 0) is 17.6 Å². The van der Waals surface area contributed by atoms with E-state index in [-0.39, 0.29) is 17.0 Å². The van der Waals surface area contributed by atoms with Crippen molar-refractivity contribution < 1.29 is 14.5 Å². The van der Waals surface area contributed by atoms with E-state index in [0.717, 1.165) is 41.2 Å². The van der Waals surface area contributed by atoms with Crippen molar-refractivity contribution >= 4 is 56.6 Å². The summed E-state index contributed by atoms with van der Waals surface area (Å²) in [5.41, 5.74) is 12.1. The molecule has 0 aliphatic heterocycles. The van der Waals surface area contributed by atoms with Gasteiger partial charge in [-0.2, -0.15) is 0 Å². The maximum atomic E-state index is 12.1. The molecular weight excluding hydrogens is 452 g/mol. The average Bonchev–Trinajstić information content (AvgIpc) is 3.13. The van der Waals surface area contributed by atoms with Crippen LogP contribution in [0.5, 0.6) is 0 Å². The summed E-state index contributed by atoms with van der Waals surface area (Å²) in [6.07, 6.45) is 3.13. The van der Waals surface area contributed by atoms with Crippen molar-refractivity contribution in [3.8, 4) is 0 Å². The van der Waals surface area contributed by atoms with E-state index < -0.39 is 16.7 Å². The molecule has 1 aliphatic carbocycles. The molecule has 1 atom stereocenters. The van der Waals surface area contributed by atoms with E-state index >= 15 is 0 Å². The molecule has 1 aliphatic rings. The molecule has 0 radical (unpaired) electrons. The zero-order valence-electron chi connectivity index (χ0n) is 17.1. The SMILES string of the molecule is CC1CCc2c(sc3nc(SCC(=O)NNC(=O)c4ccc([N+](=O)[O-])cc4)nc(N)c23)C1. The zero-order valence-corrected chi connectivity index (χ0v) is 18.7. The molecule has 3 aromatic rings. The largest absolute Gasteiger partial charge is 0.383 e. The van der Waals surface area contributed by atoms with E-state index in [9.17, 15) is 19.7 Å². The highest BCUT2D eigenvalue weighted by Crippen LogP contribution is 2.39. The van der Waals surface area contributed by atoms with Crippen molar-refractivity contribution in [2.45, 2.75) is 31.3 Å². The van der Waals surface area contributed by atoms with Gasteiger partial charge in [0.15, 0.2) is 5.16 Å². The van der Waals surface area contributed by atoms with Crippen LogP contribution in [0.25, 0.3) is 10.2 Å². The Balaban J connectivity index is 1.34. The number of thioether (sulfide) groups is 1. The molecule has 4 rings (SSSR count). The quantitative estimate of drug-likeness (QED) is 0.222. The second-order valence-electron chi connectivity index (χ2n) is 7.52. The minimum Gasteiger partial charge on any atom is -0.383 e. The number of carbonyl (C=O) groups excluding carboxylic acids is 2. The fraction of sp³-hybridized carbons (Fsp3) is 0.300. The minimum absolute atomic E-state index is 0.0202. The van der Waals surface area contributed by atoms with Gasteiger partial charge in [0.25, 0.3) is 11.6 Å². The number of hydrogen-bond donors (Lipinski definition) is 3. The Morgan fingerprint density at radius 3 is 2.75 bits per heavy atom. The van der Waals surface area contributed by atoms with Crippen molar-refractivity contribution in [2.24, 2.45) is 5.92 Å². The van der Waals surface area contributed by atoms with Gasteiger partial charge >= 0.3 is 0 Å². The number of nitrogens with one attached hydrogen (secondary N) is 2. The summed E-state index contributed by atoms with van der Waals surface area (Å²) in [6.45, 7) is 2.24. The summed E-state index contributed by atoms with van der Waals surface area (Å²) in [7, 11) is 0. The first-order valence-corrected chi connectivity index (χ1v) is 11.7. The average molecular weight is 473 g/mol. The Kier molecular flexibility index (Phi) is 6.24. The molecule has 1 unspecified atom stereocenters. The van der Waals surface area contributed by atoms with Gasteiger partial charge in [0.05, 0.1) is 16.1 Å². The molecule has 32 heavy (non-hydrogen) atoms. The van der Waals surface area contributed by atoms with Crippen LogP contribution >= 0.6 is 23.1 Å². The number of carbonyl (C=O) groups is 2. The van der Waals surface area contributed by atoms with E-state index in [1.807, 2.05) is 0 Å². The lowest BCUT2D eigenvalue weighted by Crippen LogP contribution is -2.42. The number of nitrogens with zero attached hydrogens (tertiary/aromatic N) is 3. The molecule has 1 aromatic carbocycles. The monoisotopic (exact) mass is 472 g/mol. The van der Waals surface area contributed by atoms with Gasteiger partial charge in [-0.15, -0.1) is 11.3 Å². The van der Waals surface area contributed by atoms with Gasteiger partial charge in [-0.25, -0.2) is 9.97 Å². The van der Waals surface area contributed by atoms with Crippen LogP contribution in [0.2, 0.25) is 0 Å². The number of amides is 2. The van der Waals surface area contributed by atoms with Gasteiger partial charge in [-0.05, 0) is 42.9 Å². The topological polar surface area (TPSA) is 153 Å². The Bertz CT molecular complexity index is 1210. The number of hydrazine groups is 1. The number of aryl methyl sites for hydroxylation is 1. The number of thiophene rings is 1. The Morgan fingerprint density at radius 2 is 2.03 bits per heavy atom. The van der Waals surface area contributed by atoms with Crippen molar-refractivity contribution in [1.29, 1.82) is 0 Å². The Morgan fingerprint density at radius 1 is 1.28 bits per heavy atom. The Labute approximate surface area is 191 Å². The minimum atomic E-state index is -0.585. The number of nitro groups is 1. The van der Waals surface area contributed by atoms with Crippen molar-refractivity contribution in [3.05, 3.63) is 50.4 Å². The summed E-state index contributed by atoms with van der Waals surface area (Å²) >= 11 is 2.76. The van der Waals surface area contributed by atoms with Crippen LogP contribution < -0.4 is 16.6 Å². The van der Waals surface area contributed by atoms with Gasteiger partial charge in [0, 0.05) is 22.6 Å². The molecule has 0 spiro atoms. The van der Waals surface area contributed by atoms with E-state index in [1.165, 1.54) is 34.7 Å². The lowest BCUT2D eigenvalue weighted by molar-refractivity contribution is -0.384. The van der Waals surface area contributed by atoms with Crippen LogP contribution in [0, 0.1) is 16.0 Å². The third-order valence-corrected chi connectivity index (χ3v) is 7.15. The van der Waals surface area contributed by atoms with E-state index in [0.29, 0.717) is 16.9 Å². The molecule has 166 valence electrons. The normalized spacial score (nSPS) is 15.2. The van der Waals surface area contributed by atoms with Crippen LogP contribution in [0.3, 0.4) is 0 Å². The highest BCUT2D eigenvalue weighted by Gasteiger charge is 2.23. The van der Waals surface area contributed by atoms with E-state index in [4.69, 9.17) is 5.73 Å². The molecule has 2 aromatic heterocycles. The number of benzene rings is 1. The summed E-state index contributed by atoms with van der Waals surface area (Å²) < 4.78 is 0. The number of non-ortho nitro benzene ring substituents is 1. The number of rotatable bonds is 5. The fourth-order valence-electron chi connectivity index (χ4n) is 3.51. The van der Waals surface area contributed by atoms with Gasteiger partial charge in [0.2, 0.25) is 5.91 Å². The second kappa shape index (κ2) is 9.09. The molecule has 2 heterocycles. The molecule has 12 heteroatoms.